The van der Waals surface area contributed by atoms with Crippen molar-refractivity contribution in [3.05, 3.63) is 55.7 Å². The molecule has 0 saturated carbocycles. The van der Waals surface area contributed by atoms with E-state index in [1.54, 1.807) is 0 Å². The Kier molecular flexibility index (Phi) is 13.1. The van der Waals surface area contributed by atoms with Crippen LogP contribution in [0.25, 0.3) is 0 Å². The summed E-state index contributed by atoms with van der Waals surface area (Å²) >= 11 is -0.368. The lowest BCUT2D eigenvalue weighted by atomic mass is 10.1. The van der Waals surface area contributed by atoms with Crippen molar-refractivity contribution in [1.29, 1.82) is 0 Å². The van der Waals surface area contributed by atoms with Crippen LogP contribution in [0.15, 0.2) is 48.5 Å². The molecule has 0 aromatic heterocycles. The Bertz CT molecular complexity index is 678. The zero-order chi connectivity index (χ0) is 22.3. The zero-order valence-corrected chi connectivity index (χ0v) is 22.2. The molecule has 2 atom stereocenters. The molecule has 2 rings (SSSR count). The summed E-state index contributed by atoms with van der Waals surface area (Å²) < 4.78 is 15.6. The molecule has 0 saturated heterocycles. The summed E-state index contributed by atoms with van der Waals surface area (Å²) in [6.45, 7) is 8.94. The topological polar surface area (TPSA) is 18.5 Å². The fraction of sp³-hybridized carbons (Fsp3) is 0.571. The Morgan fingerprint density at radius 2 is 1.16 bits per heavy atom. The van der Waals surface area contributed by atoms with Crippen LogP contribution in [0, 0.1) is 7.14 Å². The quantitative estimate of drug-likeness (QED) is 0.214. The third-order valence-corrected chi connectivity index (χ3v) is 8.39. The maximum Gasteiger partial charge on any atom is 0.366 e. The van der Waals surface area contributed by atoms with Crippen LogP contribution in [0.4, 0.5) is 0 Å². The third kappa shape index (κ3) is 10.3. The van der Waals surface area contributed by atoms with Crippen LogP contribution in [0.1, 0.15) is 91.9 Å². The van der Waals surface area contributed by atoms with Crippen molar-refractivity contribution in [2.75, 3.05) is 0 Å². The molecule has 2 nitrogen and oxygen atoms in total. The fourth-order valence-electron chi connectivity index (χ4n) is 3.62. The number of benzene rings is 2. The Morgan fingerprint density at radius 3 is 1.65 bits per heavy atom. The fourth-order valence-corrected chi connectivity index (χ4v) is 6.16. The van der Waals surface area contributed by atoms with Crippen LogP contribution >= 0.6 is 0 Å². The second-order valence-corrected chi connectivity index (χ2v) is 11.4. The van der Waals surface area contributed by atoms with E-state index in [1.165, 1.54) is 58.5 Å². The molecule has 0 unspecified atom stereocenters. The van der Waals surface area contributed by atoms with E-state index in [0.29, 0.717) is 0 Å². The second-order valence-electron chi connectivity index (χ2n) is 8.51. The normalized spacial score (nSPS) is 13.0. The van der Waals surface area contributed by atoms with Crippen molar-refractivity contribution in [1.82, 2.24) is 0 Å². The van der Waals surface area contributed by atoms with Crippen molar-refractivity contribution in [3.63, 3.8) is 0 Å². The second kappa shape index (κ2) is 15.6. The van der Waals surface area contributed by atoms with Gasteiger partial charge in [-0.3, -0.25) is 0 Å². The SMILES string of the molecule is CCCCCC[C@@H](C)Oc1cccc(O[C@H](C)CCCCCC)c1[I+]c1ccccc1. The highest BCUT2D eigenvalue weighted by molar-refractivity contribution is 5.32. The van der Waals surface area contributed by atoms with E-state index in [1.807, 2.05) is 0 Å². The highest BCUT2D eigenvalue weighted by Crippen LogP contribution is 2.24. The maximum atomic E-state index is 6.48. The lowest BCUT2D eigenvalue weighted by Crippen LogP contribution is -3.61. The van der Waals surface area contributed by atoms with E-state index < -0.39 is 0 Å². The lowest BCUT2D eigenvalue weighted by molar-refractivity contribution is -0.599. The van der Waals surface area contributed by atoms with E-state index in [-0.39, 0.29) is 33.4 Å². The average molecular weight is 538 g/mol. The monoisotopic (exact) mass is 537 g/mol. The minimum Gasteiger partial charge on any atom is -0.486 e. The average Bonchev–Trinajstić information content (AvgIpc) is 2.77. The van der Waals surface area contributed by atoms with Gasteiger partial charge in [0.1, 0.15) is 0 Å². The number of ether oxygens (including phenoxy) is 2. The number of hydrogen-bond acceptors (Lipinski definition) is 2. The molecule has 3 heteroatoms. The predicted molar refractivity (Wildman–Crippen MR) is 128 cm³/mol. The molecule has 0 spiro atoms. The zero-order valence-electron chi connectivity index (χ0n) is 20.0. The van der Waals surface area contributed by atoms with Crippen molar-refractivity contribution >= 4 is 0 Å². The Balaban J connectivity index is 2.11. The van der Waals surface area contributed by atoms with Crippen LogP contribution in [-0.4, -0.2) is 12.2 Å². The van der Waals surface area contributed by atoms with Gasteiger partial charge in [0.2, 0.25) is 0 Å². The van der Waals surface area contributed by atoms with Gasteiger partial charge in [-0.1, -0.05) is 76.6 Å². The molecule has 31 heavy (non-hydrogen) atoms. The molecule has 0 bridgehead atoms. The van der Waals surface area contributed by atoms with Gasteiger partial charge in [0.25, 0.3) is 3.57 Å². The van der Waals surface area contributed by atoms with Gasteiger partial charge in [-0.25, -0.2) is 0 Å². The van der Waals surface area contributed by atoms with Crippen molar-refractivity contribution in [3.8, 4) is 11.5 Å². The van der Waals surface area contributed by atoms with Gasteiger partial charge in [0.15, 0.2) is 15.1 Å². The summed E-state index contributed by atoms with van der Waals surface area (Å²) in [7, 11) is 0. The Labute approximate surface area is 201 Å². The molecule has 0 radical (unpaired) electrons. The smallest absolute Gasteiger partial charge is 0.366 e. The van der Waals surface area contributed by atoms with Gasteiger partial charge in [-0.2, -0.15) is 0 Å². The number of hydrogen-bond donors (Lipinski definition) is 0. The summed E-state index contributed by atoms with van der Waals surface area (Å²) in [6.07, 6.45) is 13.0. The van der Waals surface area contributed by atoms with E-state index in [0.717, 1.165) is 24.3 Å². The van der Waals surface area contributed by atoms with Crippen LogP contribution < -0.4 is 30.7 Å². The Morgan fingerprint density at radius 1 is 0.645 bits per heavy atom. The number of halogens is 1. The summed E-state index contributed by atoms with van der Waals surface area (Å²) in [6, 6.07) is 17.2. The van der Waals surface area contributed by atoms with Crippen LogP contribution in [0.5, 0.6) is 11.5 Å². The van der Waals surface area contributed by atoms with Gasteiger partial charge < -0.3 is 9.47 Å². The molecule has 0 N–H and O–H groups in total. The molecule has 0 amide bonds. The van der Waals surface area contributed by atoms with Crippen molar-refractivity contribution < 1.29 is 30.7 Å². The van der Waals surface area contributed by atoms with Crippen LogP contribution in [-0.2, 0) is 0 Å². The van der Waals surface area contributed by atoms with Crippen molar-refractivity contribution in [2.45, 2.75) is 104 Å². The highest BCUT2D eigenvalue weighted by Gasteiger charge is 2.28. The Hall–Kier alpha value is -1.23. The standard InChI is InChI=1S/C28H42IO2/c1-5-7-9-12-17-23(3)30-26-21-16-22-27(31-24(4)18-13-10-8-6-2)28(26)29-25-19-14-11-15-20-25/h11,14-16,19-24H,5-10,12-13,17-18H2,1-4H3/q+1/t23-,24-/m1/s1. The first kappa shape index (κ1) is 26.0. The number of rotatable bonds is 16. The van der Waals surface area contributed by atoms with E-state index >= 15 is 0 Å². The molecule has 0 aliphatic carbocycles. The van der Waals surface area contributed by atoms with Gasteiger partial charge in [-0.05, 0) is 63.8 Å². The largest absolute Gasteiger partial charge is 0.486 e. The minimum absolute atomic E-state index is 0.233. The van der Waals surface area contributed by atoms with Gasteiger partial charge in [0, 0.05) is 0 Å². The summed E-state index contributed by atoms with van der Waals surface area (Å²) in [4.78, 5) is 0. The van der Waals surface area contributed by atoms with E-state index in [4.69, 9.17) is 9.47 Å². The molecule has 0 aliphatic heterocycles. The first-order chi connectivity index (χ1) is 15.1. The molecule has 0 heterocycles. The molecule has 172 valence electrons. The summed E-state index contributed by atoms with van der Waals surface area (Å²) in [5.74, 6) is 2.05. The molecule has 2 aromatic carbocycles. The van der Waals surface area contributed by atoms with E-state index in [9.17, 15) is 0 Å². The highest BCUT2D eigenvalue weighted by atomic mass is 127. The summed E-state index contributed by atoms with van der Waals surface area (Å²) in [5, 5.41) is 0. The molecule has 2 aromatic rings. The summed E-state index contributed by atoms with van der Waals surface area (Å²) in [5.41, 5.74) is 0. The molecule has 0 aliphatic rings. The van der Waals surface area contributed by atoms with Crippen LogP contribution in [0.2, 0.25) is 0 Å². The van der Waals surface area contributed by atoms with Gasteiger partial charge in [0.05, 0.1) is 12.2 Å². The van der Waals surface area contributed by atoms with E-state index in [2.05, 4.69) is 76.2 Å². The molecular formula is C28H42IO2+. The minimum atomic E-state index is -0.368. The molecule has 0 fully saturated rings. The third-order valence-electron chi connectivity index (χ3n) is 5.45. The van der Waals surface area contributed by atoms with Crippen LogP contribution in [0.3, 0.4) is 0 Å². The lowest BCUT2D eigenvalue weighted by Gasteiger charge is -2.18. The van der Waals surface area contributed by atoms with Crippen molar-refractivity contribution in [2.24, 2.45) is 0 Å². The molecular weight excluding hydrogens is 495 g/mol. The number of unbranched alkanes of at least 4 members (excludes halogenated alkanes) is 6. The van der Waals surface area contributed by atoms with Gasteiger partial charge >= 0.3 is 21.2 Å². The van der Waals surface area contributed by atoms with Gasteiger partial charge in [-0.15, -0.1) is 0 Å². The first-order valence-electron chi connectivity index (χ1n) is 12.3. The predicted octanol–water partition coefficient (Wildman–Crippen LogP) is 5.29. The first-order valence-corrected chi connectivity index (χ1v) is 14.5. The maximum absolute atomic E-state index is 6.48.